The zero-order valence-electron chi connectivity index (χ0n) is 12.4. The minimum atomic E-state index is -3.55. The van der Waals surface area contributed by atoms with Crippen LogP contribution in [-0.2, 0) is 23.2 Å². The molecule has 0 saturated carbocycles. The smallest absolute Gasteiger partial charge is 0.245 e. The molecule has 1 atom stereocenters. The van der Waals surface area contributed by atoms with Crippen LogP contribution >= 0.6 is 11.3 Å². The van der Waals surface area contributed by atoms with Crippen molar-refractivity contribution in [1.82, 2.24) is 14.4 Å². The van der Waals surface area contributed by atoms with E-state index in [0.717, 1.165) is 35.5 Å². The summed E-state index contributed by atoms with van der Waals surface area (Å²) in [4.78, 5) is 5.71. The molecule has 0 amide bonds. The van der Waals surface area contributed by atoms with Gasteiger partial charge in [-0.3, -0.25) is 0 Å². The second-order valence-corrected chi connectivity index (χ2v) is 8.23. The van der Waals surface area contributed by atoms with Crippen molar-refractivity contribution < 1.29 is 8.42 Å². The van der Waals surface area contributed by atoms with E-state index in [1.807, 2.05) is 37.3 Å². The lowest BCUT2D eigenvalue weighted by atomic mass is 9.99. The molecule has 2 N–H and O–H groups in total. The lowest BCUT2D eigenvalue weighted by molar-refractivity contribution is 0.494. The highest BCUT2D eigenvalue weighted by molar-refractivity contribution is 7.87. The molecule has 118 valence electrons. The summed E-state index contributed by atoms with van der Waals surface area (Å²) in [6, 6.07) is 9.26. The third kappa shape index (κ3) is 3.73. The number of benzene rings is 1. The highest BCUT2D eigenvalue weighted by atomic mass is 32.2. The van der Waals surface area contributed by atoms with Gasteiger partial charge in [-0.25, -0.2) is 4.98 Å². The number of hydrogen-bond donors (Lipinski definition) is 2. The molecule has 5 nitrogen and oxygen atoms in total. The van der Waals surface area contributed by atoms with Crippen LogP contribution in [0.4, 0.5) is 0 Å². The van der Waals surface area contributed by atoms with Gasteiger partial charge in [-0.2, -0.15) is 17.9 Å². The minimum Gasteiger partial charge on any atom is -0.245 e. The minimum absolute atomic E-state index is 0.220. The van der Waals surface area contributed by atoms with Gasteiger partial charge in [0.2, 0.25) is 0 Å². The maximum atomic E-state index is 12.2. The number of nitrogens with one attached hydrogen (secondary N) is 2. The standard InChI is InChI=1S/C15H19N3O2S2/c1-11-17-15-13(8-5-9-14(15)21-11)18-22(19,20)16-10-12-6-3-2-4-7-12/h2-4,6-7,13,16,18H,5,8-10H2,1H3/t13-/m0/s1. The van der Waals surface area contributed by atoms with E-state index in [1.54, 1.807) is 11.3 Å². The van der Waals surface area contributed by atoms with Crippen LogP contribution in [0.1, 0.15) is 40.0 Å². The van der Waals surface area contributed by atoms with Crippen LogP contribution in [0.5, 0.6) is 0 Å². The van der Waals surface area contributed by atoms with Gasteiger partial charge >= 0.3 is 0 Å². The Morgan fingerprint density at radius 3 is 2.86 bits per heavy atom. The zero-order valence-corrected chi connectivity index (χ0v) is 14.0. The van der Waals surface area contributed by atoms with Crippen molar-refractivity contribution in [2.75, 3.05) is 0 Å². The van der Waals surface area contributed by atoms with Gasteiger partial charge in [0, 0.05) is 11.4 Å². The number of aryl methyl sites for hydroxylation is 2. The predicted molar refractivity (Wildman–Crippen MR) is 87.9 cm³/mol. The van der Waals surface area contributed by atoms with Crippen LogP contribution in [0.3, 0.4) is 0 Å². The summed E-state index contributed by atoms with van der Waals surface area (Å²) in [7, 11) is -3.55. The van der Waals surface area contributed by atoms with Crippen molar-refractivity contribution in [3.8, 4) is 0 Å². The third-order valence-corrected chi connectivity index (χ3v) is 5.83. The molecule has 0 spiro atoms. The molecule has 0 saturated heterocycles. The van der Waals surface area contributed by atoms with Crippen LogP contribution in [0.2, 0.25) is 0 Å². The van der Waals surface area contributed by atoms with Crippen LogP contribution in [0.25, 0.3) is 0 Å². The molecule has 1 aromatic heterocycles. The van der Waals surface area contributed by atoms with Gasteiger partial charge < -0.3 is 0 Å². The first-order valence-electron chi connectivity index (χ1n) is 7.30. The summed E-state index contributed by atoms with van der Waals surface area (Å²) in [5.41, 5.74) is 1.83. The van der Waals surface area contributed by atoms with Crippen LogP contribution in [-0.4, -0.2) is 13.4 Å². The van der Waals surface area contributed by atoms with Crippen LogP contribution in [0, 0.1) is 6.92 Å². The Morgan fingerprint density at radius 2 is 2.09 bits per heavy atom. The molecule has 1 aromatic carbocycles. The fourth-order valence-electron chi connectivity index (χ4n) is 2.66. The van der Waals surface area contributed by atoms with Crippen molar-refractivity contribution in [3.63, 3.8) is 0 Å². The van der Waals surface area contributed by atoms with Gasteiger partial charge in [-0.15, -0.1) is 11.3 Å². The lowest BCUT2D eigenvalue weighted by Gasteiger charge is -2.22. The molecule has 7 heteroatoms. The molecule has 0 bridgehead atoms. The molecular formula is C15H19N3O2S2. The fraction of sp³-hybridized carbons (Fsp3) is 0.400. The Hall–Kier alpha value is -1.28. The Kier molecular flexibility index (Phi) is 4.58. The summed E-state index contributed by atoms with van der Waals surface area (Å²) >= 11 is 1.66. The van der Waals surface area contributed by atoms with Gasteiger partial charge in [0.15, 0.2) is 0 Å². The molecule has 1 aliphatic rings. The molecule has 22 heavy (non-hydrogen) atoms. The van der Waals surface area contributed by atoms with Crippen molar-refractivity contribution in [1.29, 1.82) is 0 Å². The topological polar surface area (TPSA) is 71.1 Å². The van der Waals surface area contributed by atoms with Crippen LogP contribution in [0.15, 0.2) is 30.3 Å². The van der Waals surface area contributed by atoms with Crippen LogP contribution < -0.4 is 9.44 Å². The Balaban J connectivity index is 1.67. The second-order valence-electron chi connectivity index (χ2n) is 5.41. The summed E-state index contributed by atoms with van der Waals surface area (Å²) in [6.45, 7) is 2.24. The molecule has 2 aromatic rings. The molecule has 0 aliphatic heterocycles. The normalized spacial score (nSPS) is 18.1. The maximum Gasteiger partial charge on any atom is 0.277 e. The van der Waals surface area contributed by atoms with E-state index in [9.17, 15) is 8.42 Å². The second kappa shape index (κ2) is 6.45. The third-order valence-electron chi connectivity index (χ3n) is 3.67. The molecule has 1 aliphatic carbocycles. The van der Waals surface area contributed by atoms with Gasteiger partial charge in [-0.05, 0) is 31.7 Å². The summed E-state index contributed by atoms with van der Waals surface area (Å²) in [5.74, 6) is 0. The number of nitrogens with zero attached hydrogens (tertiary/aromatic N) is 1. The first kappa shape index (κ1) is 15.6. The molecule has 0 radical (unpaired) electrons. The zero-order chi connectivity index (χ0) is 15.6. The average Bonchev–Trinajstić information content (AvgIpc) is 2.88. The molecular weight excluding hydrogens is 318 g/mol. The van der Waals surface area contributed by atoms with E-state index in [-0.39, 0.29) is 12.6 Å². The number of fused-ring (bicyclic) bond motifs is 1. The first-order valence-corrected chi connectivity index (χ1v) is 9.60. The van der Waals surface area contributed by atoms with Crippen molar-refractivity contribution in [2.24, 2.45) is 0 Å². The van der Waals surface area contributed by atoms with E-state index in [2.05, 4.69) is 14.4 Å². The van der Waals surface area contributed by atoms with E-state index in [0.29, 0.717) is 0 Å². The molecule has 0 unspecified atom stereocenters. The number of rotatable bonds is 5. The van der Waals surface area contributed by atoms with Gasteiger partial charge in [0.05, 0.1) is 16.7 Å². The van der Waals surface area contributed by atoms with Crippen molar-refractivity contribution >= 4 is 21.5 Å². The number of hydrogen-bond acceptors (Lipinski definition) is 4. The fourth-order valence-corrected chi connectivity index (χ4v) is 4.74. The lowest BCUT2D eigenvalue weighted by Crippen LogP contribution is -2.39. The molecule has 3 rings (SSSR count). The maximum absolute atomic E-state index is 12.2. The summed E-state index contributed by atoms with van der Waals surface area (Å²) in [6.07, 6.45) is 2.78. The van der Waals surface area contributed by atoms with Gasteiger partial charge in [-0.1, -0.05) is 30.3 Å². The van der Waals surface area contributed by atoms with E-state index >= 15 is 0 Å². The monoisotopic (exact) mass is 337 g/mol. The van der Waals surface area contributed by atoms with Crippen molar-refractivity contribution in [3.05, 3.63) is 51.5 Å². The predicted octanol–water partition coefficient (Wildman–Crippen LogP) is 2.45. The highest BCUT2D eigenvalue weighted by Crippen LogP contribution is 2.33. The largest absolute Gasteiger partial charge is 0.277 e. The van der Waals surface area contributed by atoms with E-state index < -0.39 is 10.2 Å². The Labute approximate surface area is 135 Å². The van der Waals surface area contributed by atoms with E-state index in [1.165, 1.54) is 4.88 Å². The molecule has 0 fully saturated rings. The quantitative estimate of drug-likeness (QED) is 0.880. The number of aromatic nitrogens is 1. The number of thiazole rings is 1. The van der Waals surface area contributed by atoms with Gasteiger partial charge in [0.25, 0.3) is 10.2 Å². The van der Waals surface area contributed by atoms with Crippen molar-refractivity contribution in [2.45, 2.75) is 38.8 Å². The van der Waals surface area contributed by atoms with Gasteiger partial charge in [0.1, 0.15) is 0 Å². The SMILES string of the molecule is Cc1nc2c(s1)CCC[C@@H]2NS(=O)(=O)NCc1ccccc1. The Bertz CT molecular complexity index is 741. The molecule has 1 heterocycles. The summed E-state index contributed by atoms with van der Waals surface area (Å²) < 4.78 is 29.8. The Morgan fingerprint density at radius 1 is 1.32 bits per heavy atom. The summed E-state index contributed by atoms with van der Waals surface area (Å²) in [5, 5.41) is 0.994. The highest BCUT2D eigenvalue weighted by Gasteiger charge is 2.27. The first-order chi connectivity index (χ1) is 10.5. The van der Waals surface area contributed by atoms with E-state index in [4.69, 9.17) is 0 Å². The average molecular weight is 337 g/mol.